The highest BCUT2D eigenvalue weighted by Crippen LogP contribution is 2.27. The van der Waals surface area contributed by atoms with Crippen molar-refractivity contribution in [3.05, 3.63) is 36.0 Å². The number of hydrogen-bond donors (Lipinski definition) is 0. The van der Waals surface area contributed by atoms with Crippen molar-refractivity contribution in [2.75, 3.05) is 0 Å². The molecule has 84 valence electrons. The number of hydrogen-bond acceptors (Lipinski definition) is 3. The van der Waals surface area contributed by atoms with Crippen molar-refractivity contribution in [1.29, 1.82) is 0 Å². The zero-order valence-electron chi connectivity index (χ0n) is 9.43. The van der Waals surface area contributed by atoms with Gasteiger partial charge in [-0.05, 0) is 31.2 Å². The van der Waals surface area contributed by atoms with Crippen LogP contribution in [0.2, 0.25) is 0 Å². The van der Waals surface area contributed by atoms with E-state index in [2.05, 4.69) is 19.4 Å². The lowest BCUT2D eigenvalue weighted by Crippen LogP contribution is -2.06. The minimum Gasteiger partial charge on any atom is -0.296 e. The van der Waals surface area contributed by atoms with E-state index >= 15 is 0 Å². The maximum Gasteiger partial charge on any atom is 0.156 e. The molecule has 4 heteroatoms. The van der Waals surface area contributed by atoms with Gasteiger partial charge in [0.1, 0.15) is 5.52 Å². The summed E-state index contributed by atoms with van der Waals surface area (Å²) in [7, 11) is 0. The van der Waals surface area contributed by atoms with E-state index < -0.39 is 0 Å². The number of aromatic nitrogens is 4. The van der Waals surface area contributed by atoms with Gasteiger partial charge in [-0.3, -0.25) is 14.4 Å². The maximum atomic E-state index is 4.56. The molecule has 0 saturated heterocycles. The monoisotopic (exact) mass is 224 g/mol. The zero-order valence-corrected chi connectivity index (χ0v) is 9.43. The highest BCUT2D eigenvalue weighted by atomic mass is 15.0. The van der Waals surface area contributed by atoms with Crippen LogP contribution in [0.3, 0.4) is 0 Å². The first-order valence-electron chi connectivity index (χ1n) is 6.02. The van der Waals surface area contributed by atoms with E-state index in [1.54, 1.807) is 6.20 Å². The second kappa shape index (κ2) is 3.26. The predicted molar refractivity (Wildman–Crippen MR) is 64.9 cm³/mol. The van der Waals surface area contributed by atoms with Crippen LogP contribution in [-0.4, -0.2) is 19.4 Å². The molecule has 3 aromatic rings. The van der Waals surface area contributed by atoms with Crippen LogP contribution in [0, 0.1) is 0 Å². The van der Waals surface area contributed by atoms with Gasteiger partial charge in [0, 0.05) is 18.1 Å². The van der Waals surface area contributed by atoms with Gasteiger partial charge in [0.2, 0.25) is 0 Å². The van der Waals surface area contributed by atoms with Gasteiger partial charge in [-0.25, -0.2) is 4.98 Å². The van der Waals surface area contributed by atoms with Crippen LogP contribution in [0.4, 0.5) is 0 Å². The largest absolute Gasteiger partial charge is 0.296 e. The molecular weight excluding hydrogens is 212 g/mol. The van der Waals surface area contributed by atoms with Gasteiger partial charge >= 0.3 is 0 Å². The summed E-state index contributed by atoms with van der Waals surface area (Å²) in [5.74, 6) is 0. The Hall–Kier alpha value is -1.97. The normalized spacial score (nSPS) is 15.3. The SMILES string of the molecule is c1cn2c(cn1)nc1cnc3c(c12)CCCC3. The summed E-state index contributed by atoms with van der Waals surface area (Å²) in [6, 6.07) is 0. The summed E-state index contributed by atoms with van der Waals surface area (Å²) in [5.41, 5.74) is 5.75. The van der Waals surface area contributed by atoms with Crippen molar-refractivity contribution < 1.29 is 0 Å². The Morgan fingerprint density at radius 2 is 2.06 bits per heavy atom. The minimum atomic E-state index is 0.906. The van der Waals surface area contributed by atoms with Crippen LogP contribution < -0.4 is 0 Å². The van der Waals surface area contributed by atoms with Crippen molar-refractivity contribution in [2.24, 2.45) is 0 Å². The quantitative estimate of drug-likeness (QED) is 0.587. The van der Waals surface area contributed by atoms with Crippen LogP contribution in [0.5, 0.6) is 0 Å². The predicted octanol–water partition coefficient (Wildman–Crippen LogP) is 2.16. The van der Waals surface area contributed by atoms with E-state index in [1.165, 1.54) is 29.6 Å². The second-order valence-corrected chi connectivity index (χ2v) is 4.54. The molecule has 3 aromatic heterocycles. The number of nitrogens with zero attached hydrogens (tertiary/aromatic N) is 4. The Balaban J connectivity index is 2.20. The molecule has 0 bridgehead atoms. The molecule has 0 fully saturated rings. The molecule has 0 atom stereocenters. The van der Waals surface area contributed by atoms with E-state index in [1.807, 2.05) is 18.6 Å². The van der Waals surface area contributed by atoms with Gasteiger partial charge in [-0.1, -0.05) is 0 Å². The molecule has 4 nitrogen and oxygen atoms in total. The number of rotatable bonds is 0. The molecule has 0 aromatic carbocycles. The summed E-state index contributed by atoms with van der Waals surface area (Å²) in [4.78, 5) is 13.2. The summed E-state index contributed by atoms with van der Waals surface area (Å²) in [6.45, 7) is 0. The third kappa shape index (κ3) is 1.21. The summed E-state index contributed by atoms with van der Waals surface area (Å²) >= 11 is 0. The highest BCUT2D eigenvalue weighted by molar-refractivity contribution is 5.83. The van der Waals surface area contributed by atoms with Gasteiger partial charge in [0.15, 0.2) is 5.65 Å². The van der Waals surface area contributed by atoms with E-state index in [4.69, 9.17) is 0 Å². The molecule has 0 amide bonds. The number of aryl methyl sites for hydroxylation is 2. The number of fused-ring (bicyclic) bond motifs is 5. The Kier molecular flexibility index (Phi) is 1.75. The van der Waals surface area contributed by atoms with E-state index in [0.29, 0.717) is 0 Å². The molecule has 1 aliphatic rings. The van der Waals surface area contributed by atoms with E-state index in [9.17, 15) is 0 Å². The lowest BCUT2D eigenvalue weighted by atomic mass is 9.95. The van der Waals surface area contributed by atoms with Gasteiger partial charge < -0.3 is 0 Å². The third-order valence-corrected chi connectivity index (χ3v) is 3.52. The molecule has 4 rings (SSSR count). The fourth-order valence-corrected chi connectivity index (χ4v) is 2.74. The molecule has 17 heavy (non-hydrogen) atoms. The van der Waals surface area contributed by atoms with Crippen molar-refractivity contribution in [2.45, 2.75) is 25.7 Å². The van der Waals surface area contributed by atoms with E-state index in [0.717, 1.165) is 24.0 Å². The Labute approximate surface area is 98.3 Å². The standard InChI is InChI=1S/C13H12N4/c1-2-4-10-9(3-1)13-11(7-15-10)16-12-8-14-5-6-17(12)13/h5-8H,1-4H2. The summed E-state index contributed by atoms with van der Waals surface area (Å²) in [6.07, 6.45) is 12.2. The Bertz CT molecular complexity index is 714. The number of imidazole rings is 1. The first kappa shape index (κ1) is 9.10. The van der Waals surface area contributed by atoms with Crippen molar-refractivity contribution in [3.8, 4) is 0 Å². The maximum absolute atomic E-state index is 4.56. The van der Waals surface area contributed by atoms with Crippen molar-refractivity contribution in [3.63, 3.8) is 0 Å². The van der Waals surface area contributed by atoms with Crippen LogP contribution in [0.25, 0.3) is 16.7 Å². The third-order valence-electron chi connectivity index (χ3n) is 3.52. The highest BCUT2D eigenvalue weighted by Gasteiger charge is 2.17. The molecule has 1 aliphatic carbocycles. The molecule has 0 N–H and O–H groups in total. The molecule has 0 radical (unpaired) electrons. The van der Waals surface area contributed by atoms with Gasteiger partial charge in [0.05, 0.1) is 17.9 Å². The average molecular weight is 224 g/mol. The minimum absolute atomic E-state index is 0.906. The lowest BCUT2D eigenvalue weighted by Gasteiger charge is -2.15. The fraction of sp³-hybridized carbons (Fsp3) is 0.308. The van der Waals surface area contributed by atoms with Gasteiger partial charge in [-0.2, -0.15) is 0 Å². The van der Waals surface area contributed by atoms with Crippen LogP contribution in [0.15, 0.2) is 24.8 Å². The molecule has 0 saturated carbocycles. The summed E-state index contributed by atoms with van der Waals surface area (Å²) < 4.78 is 2.13. The first-order valence-corrected chi connectivity index (χ1v) is 6.02. The topological polar surface area (TPSA) is 43.1 Å². The molecule has 0 spiro atoms. The Morgan fingerprint density at radius 1 is 1.12 bits per heavy atom. The first-order chi connectivity index (χ1) is 8.43. The van der Waals surface area contributed by atoms with Crippen molar-refractivity contribution >= 4 is 16.7 Å². The van der Waals surface area contributed by atoms with Crippen LogP contribution in [-0.2, 0) is 12.8 Å². The fourth-order valence-electron chi connectivity index (χ4n) is 2.74. The van der Waals surface area contributed by atoms with E-state index in [-0.39, 0.29) is 0 Å². The summed E-state index contributed by atoms with van der Waals surface area (Å²) in [5, 5.41) is 0. The molecule has 0 aliphatic heterocycles. The lowest BCUT2D eigenvalue weighted by molar-refractivity contribution is 0.671. The molecule has 0 unspecified atom stereocenters. The molecular formula is C13H12N4. The Morgan fingerprint density at radius 3 is 3.06 bits per heavy atom. The molecule has 3 heterocycles. The van der Waals surface area contributed by atoms with Crippen LogP contribution in [0.1, 0.15) is 24.1 Å². The number of pyridine rings is 1. The van der Waals surface area contributed by atoms with Crippen LogP contribution >= 0.6 is 0 Å². The van der Waals surface area contributed by atoms with Gasteiger partial charge in [-0.15, -0.1) is 0 Å². The van der Waals surface area contributed by atoms with Gasteiger partial charge in [0.25, 0.3) is 0 Å². The smallest absolute Gasteiger partial charge is 0.156 e. The van der Waals surface area contributed by atoms with Crippen molar-refractivity contribution in [1.82, 2.24) is 19.4 Å². The zero-order chi connectivity index (χ0) is 11.2. The average Bonchev–Trinajstić information content (AvgIpc) is 2.77. The second-order valence-electron chi connectivity index (χ2n) is 4.54.